The molecule has 0 bridgehead atoms. The van der Waals surface area contributed by atoms with Crippen LogP contribution in [-0.2, 0) is 26.2 Å². The van der Waals surface area contributed by atoms with Crippen LogP contribution >= 0.6 is 15.9 Å². The van der Waals surface area contributed by atoms with E-state index in [9.17, 15) is 18.0 Å². The highest BCUT2D eigenvalue weighted by atomic mass is 79.9. The summed E-state index contributed by atoms with van der Waals surface area (Å²) in [6, 6.07) is 19.8. The Morgan fingerprint density at radius 2 is 1.59 bits per heavy atom. The molecule has 1 atom stereocenters. The topological polar surface area (TPSA) is 96.0 Å². The van der Waals surface area contributed by atoms with Crippen molar-refractivity contribution in [3.05, 3.63) is 88.4 Å². The first-order chi connectivity index (χ1) is 19.6. The van der Waals surface area contributed by atoms with E-state index >= 15 is 0 Å². The summed E-state index contributed by atoms with van der Waals surface area (Å²) in [6.07, 6.45) is 3.96. The van der Waals surface area contributed by atoms with Gasteiger partial charge >= 0.3 is 0 Å². The molecule has 1 aliphatic carbocycles. The number of anilines is 1. The van der Waals surface area contributed by atoms with Gasteiger partial charge in [0.25, 0.3) is 10.0 Å². The molecular weight excluding hydrogens is 606 g/mol. The van der Waals surface area contributed by atoms with Gasteiger partial charge in [-0.2, -0.15) is 0 Å². The zero-order valence-electron chi connectivity index (χ0n) is 23.5. The van der Waals surface area contributed by atoms with E-state index in [4.69, 9.17) is 4.74 Å². The van der Waals surface area contributed by atoms with Crippen LogP contribution in [0.4, 0.5) is 5.69 Å². The molecule has 10 heteroatoms. The maximum atomic E-state index is 14.0. The molecule has 1 unspecified atom stereocenters. The normalized spacial score (nSPS) is 14.3. The van der Waals surface area contributed by atoms with Gasteiger partial charge in [-0.25, -0.2) is 8.42 Å². The number of ether oxygens (including phenoxy) is 1. The van der Waals surface area contributed by atoms with E-state index in [0.717, 1.165) is 45.6 Å². The molecule has 1 aliphatic rings. The van der Waals surface area contributed by atoms with Crippen LogP contribution in [0.2, 0.25) is 0 Å². The molecule has 1 saturated carbocycles. The highest BCUT2D eigenvalue weighted by Gasteiger charge is 2.33. The van der Waals surface area contributed by atoms with Crippen molar-refractivity contribution in [1.29, 1.82) is 0 Å². The summed E-state index contributed by atoms with van der Waals surface area (Å²) in [5.41, 5.74) is 2.13. The van der Waals surface area contributed by atoms with Crippen molar-refractivity contribution in [3.63, 3.8) is 0 Å². The second-order valence-corrected chi connectivity index (χ2v) is 13.1. The molecular formula is C31H36BrN3O5S. The fourth-order valence-electron chi connectivity index (χ4n) is 4.88. The Labute approximate surface area is 250 Å². The van der Waals surface area contributed by atoms with Crippen molar-refractivity contribution in [2.24, 2.45) is 0 Å². The third-order valence-electron chi connectivity index (χ3n) is 7.38. The van der Waals surface area contributed by atoms with E-state index in [1.54, 1.807) is 43.3 Å². The fourth-order valence-corrected chi connectivity index (χ4v) is 6.55. The summed E-state index contributed by atoms with van der Waals surface area (Å²) in [6.45, 7) is 3.27. The molecule has 3 aromatic rings. The number of nitrogens with one attached hydrogen (secondary N) is 1. The summed E-state index contributed by atoms with van der Waals surface area (Å²) in [5.74, 6) is -0.216. The quantitative estimate of drug-likeness (QED) is 0.301. The minimum absolute atomic E-state index is 0.0261. The molecule has 218 valence electrons. The van der Waals surface area contributed by atoms with E-state index in [0.29, 0.717) is 11.4 Å². The number of nitrogens with zero attached hydrogens (tertiary/aromatic N) is 2. The smallest absolute Gasteiger partial charge is 0.264 e. The monoisotopic (exact) mass is 641 g/mol. The van der Waals surface area contributed by atoms with Crippen molar-refractivity contribution < 1.29 is 22.7 Å². The van der Waals surface area contributed by atoms with Gasteiger partial charge in [0.05, 0.1) is 17.7 Å². The molecule has 2 amide bonds. The summed E-state index contributed by atoms with van der Waals surface area (Å²) in [7, 11) is -2.64. The Balaban J connectivity index is 1.67. The van der Waals surface area contributed by atoms with Crippen LogP contribution < -0.4 is 14.4 Å². The Hall–Kier alpha value is -3.37. The molecule has 0 aromatic heterocycles. The van der Waals surface area contributed by atoms with Gasteiger partial charge in [-0.3, -0.25) is 13.9 Å². The largest absolute Gasteiger partial charge is 0.497 e. The number of halogens is 1. The second kappa shape index (κ2) is 13.5. The molecule has 41 heavy (non-hydrogen) atoms. The molecule has 0 saturated heterocycles. The maximum Gasteiger partial charge on any atom is 0.264 e. The van der Waals surface area contributed by atoms with Gasteiger partial charge in [-0.05, 0) is 80.8 Å². The lowest BCUT2D eigenvalue weighted by Crippen LogP contribution is -2.52. The van der Waals surface area contributed by atoms with Gasteiger partial charge in [0.1, 0.15) is 18.3 Å². The van der Waals surface area contributed by atoms with Crippen molar-refractivity contribution in [2.75, 3.05) is 18.0 Å². The predicted molar refractivity (Wildman–Crippen MR) is 163 cm³/mol. The van der Waals surface area contributed by atoms with E-state index in [1.807, 2.05) is 31.2 Å². The lowest BCUT2D eigenvalue weighted by molar-refractivity contribution is -0.139. The molecule has 8 nitrogen and oxygen atoms in total. The minimum atomic E-state index is -4.14. The number of sulfonamides is 1. The average molecular weight is 643 g/mol. The Kier molecular flexibility index (Phi) is 10.1. The highest BCUT2D eigenvalue weighted by Crippen LogP contribution is 2.27. The number of hydrogen-bond donors (Lipinski definition) is 1. The fraction of sp³-hybridized carbons (Fsp3) is 0.355. The molecule has 0 radical (unpaired) electrons. The van der Waals surface area contributed by atoms with Crippen LogP contribution in [-0.4, -0.2) is 50.9 Å². The van der Waals surface area contributed by atoms with Crippen LogP contribution in [0.1, 0.15) is 43.7 Å². The lowest BCUT2D eigenvalue weighted by Gasteiger charge is -2.32. The molecule has 1 N–H and O–H groups in total. The van der Waals surface area contributed by atoms with Gasteiger partial charge in [-0.1, -0.05) is 58.6 Å². The van der Waals surface area contributed by atoms with Crippen LogP contribution in [0.15, 0.2) is 82.2 Å². The predicted octanol–water partition coefficient (Wildman–Crippen LogP) is 5.44. The van der Waals surface area contributed by atoms with Crippen molar-refractivity contribution in [3.8, 4) is 5.75 Å². The van der Waals surface area contributed by atoms with E-state index in [1.165, 1.54) is 24.1 Å². The Bertz CT molecular complexity index is 1440. The number of amides is 2. The lowest BCUT2D eigenvalue weighted by atomic mass is 10.1. The highest BCUT2D eigenvalue weighted by molar-refractivity contribution is 9.10. The number of hydrogen-bond acceptors (Lipinski definition) is 5. The Morgan fingerprint density at radius 1 is 0.976 bits per heavy atom. The summed E-state index contributed by atoms with van der Waals surface area (Å²) < 4.78 is 35.1. The zero-order valence-corrected chi connectivity index (χ0v) is 25.9. The molecule has 1 fully saturated rings. The van der Waals surface area contributed by atoms with Crippen LogP contribution in [0.25, 0.3) is 0 Å². The van der Waals surface area contributed by atoms with Gasteiger partial charge in [0.15, 0.2) is 0 Å². The summed E-state index contributed by atoms with van der Waals surface area (Å²) in [5, 5.41) is 3.08. The van der Waals surface area contributed by atoms with Gasteiger partial charge in [0.2, 0.25) is 11.8 Å². The summed E-state index contributed by atoms with van der Waals surface area (Å²) >= 11 is 3.43. The molecule has 0 spiro atoms. The average Bonchev–Trinajstić information content (AvgIpc) is 3.48. The number of methoxy groups -OCH3 is 1. The van der Waals surface area contributed by atoms with Crippen LogP contribution in [0.5, 0.6) is 5.75 Å². The number of benzene rings is 3. The molecule has 3 aromatic carbocycles. The maximum absolute atomic E-state index is 14.0. The second-order valence-electron chi connectivity index (χ2n) is 10.3. The molecule has 0 heterocycles. The van der Waals surface area contributed by atoms with Crippen molar-refractivity contribution in [2.45, 2.75) is 63.1 Å². The number of carbonyl (C=O) groups excluding carboxylic acids is 2. The van der Waals surface area contributed by atoms with E-state index in [-0.39, 0.29) is 23.4 Å². The van der Waals surface area contributed by atoms with Gasteiger partial charge in [-0.15, -0.1) is 0 Å². The Morgan fingerprint density at radius 3 is 2.17 bits per heavy atom. The van der Waals surface area contributed by atoms with E-state index < -0.39 is 28.5 Å². The minimum Gasteiger partial charge on any atom is -0.497 e. The standard InChI is InChI=1S/C31H36BrN3O5S/c1-22-8-14-27(15-9-22)35(41(38,39)29-18-16-28(40-3)17-19-29)21-30(36)34(20-24-10-12-25(32)13-11-24)23(2)31(37)33-26-6-4-5-7-26/h8-19,23,26H,4-7,20-21H2,1-3H3,(H,33,37). The number of carbonyl (C=O) groups is 2. The van der Waals surface area contributed by atoms with Gasteiger partial charge < -0.3 is 15.0 Å². The van der Waals surface area contributed by atoms with Crippen LogP contribution in [0, 0.1) is 6.92 Å². The van der Waals surface area contributed by atoms with Crippen molar-refractivity contribution >= 4 is 43.5 Å². The third-order valence-corrected chi connectivity index (χ3v) is 9.70. The molecule has 0 aliphatic heterocycles. The van der Waals surface area contributed by atoms with Crippen LogP contribution in [0.3, 0.4) is 0 Å². The van der Waals surface area contributed by atoms with Crippen molar-refractivity contribution in [1.82, 2.24) is 10.2 Å². The third kappa shape index (κ3) is 7.68. The SMILES string of the molecule is COc1ccc(S(=O)(=O)N(CC(=O)N(Cc2ccc(Br)cc2)C(C)C(=O)NC2CCCC2)c2ccc(C)cc2)cc1. The first kappa shape index (κ1) is 30.6. The van der Waals surface area contributed by atoms with E-state index in [2.05, 4.69) is 21.2 Å². The zero-order chi connectivity index (χ0) is 29.6. The molecule has 4 rings (SSSR count). The first-order valence-corrected chi connectivity index (χ1v) is 15.9. The van der Waals surface area contributed by atoms with Gasteiger partial charge in [0, 0.05) is 17.1 Å². The first-order valence-electron chi connectivity index (χ1n) is 13.7. The summed E-state index contributed by atoms with van der Waals surface area (Å²) in [4.78, 5) is 28.8. The number of aryl methyl sites for hydroxylation is 1. The number of rotatable bonds is 11.